The summed E-state index contributed by atoms with van der Waals surface area (Å²) in [6.07, 6.45) is -3.57. The van der Waals surface area contributed by atoms with E-state index >= 15 is 0 Å². The van der Waals surface area contributed by atoms with Crippen molar-refractivity contribution in [2.75, 3.05) is 31.1 Å². The van der Waals surface area contributed by atoms with Gasteiger partial charge in [-0.1, -0.05) is 18.1 Å². The molecule has 0 amide bonds. The van der Waals surface area contributed by atoms with E-state index in [4.69, 9.17) is 15.2 Å². The number of anilines is 1. The Labute approximate surface area is 203 Å². The molecule has 188 valence electrons. The molecule has 1 aliphatic heterocycles. The smallest absolute Gasteiger partial charge is 0.475 e. The van der Waals surface area contributed by atoms with E-state index in [9.17, 15) is 18.0 Å². The van der Waals surface area contributed by atoms with Crippen LogP contribution >= 0.6 is 0 Å². The van der Waals surface area contributed by atoms with E-state index in [1.165, 1.54) is 6.33 Å². The van der Waals surface area contributed by atoms with E-state index in [1.54, 1.807) is 28.2 Å². The molecule has 13 heteroatoms. The van der Waals surface area contributed by atoms with Crippen LogP contribution in [0.4, 0.5) is 19.0 Å². The minimum atomic E-state index is -5.08. The number of alkyl halides is 3. The van der Waals surface area contributed by atoms with Crippen molar-refractivity contribution in [1.82, 2.24) is 24.4 Å². The van der Waals surface area contributed by atoms with E-state index in [0.29, 0.717) is 24.3 Å². The maximum absolute atomic E-state index is 13.3. The topological polar surface area (TPSA) is 129 Å². The summed E-state index contributed by atoms with van der Waals surface area (Å²) in [4.78, 5) is 33.3. The van der Waals surface area contributed by atoms with E-state index < -0.39 is 12.1 Å². The van der Waals surface area contributed by atoms with Gasteiger partial charge in [0, 0.05) is 26.2 Å². The maximum atomic E-state index is 13.3. The Morgan fingerprint density at radius 2 is 1.81 bits per heavy atom. The second kappa shape index (κ2) is 11.4. The standard InChI is InChI=1S/C21H21N7O.C2HF3O2/c1-2-3-10-27-18-19(26-11-8-23-9-12-26)24-15-25-20(18)28(21(27)29)14-17-6-4-16(13-22)5-7-17;3-2(4,5)1(6)7/h4-7,15,23H,8-12,14H2,1H3;(H,6,7). The molecule has 0 atom stereocenters. The Hall–Kier alpha value is -4.36. The predicted molar refractivity (Wildman–Crippen MR) is 124 cm³/mol. The van der Waals surface area contributed by atoms with Gasteiger partial charge in [0.05, 0.1) is 24.7 Å². The molecular weight excluding hydrogens is 479 g/mol. The fraction of sp³-hybridized carbons (Fsp3) is 0.348. The summed E-state index contributed by atoms with van der Waals surface area (Å²) in [6.45, 7) is 5.80. The molecule has 2 aromatic heterocycles. The van der Waals surface area contributed by atoms with Crippen molar-refractivity contribution in [3.05, 3.63) is 52.2 Å². The molecule has 0 radical (unpaired) electrons. The van der Waals surface area contributed by atoms with Gasteiger partial charge in [-0.2, -0.15) is 18.4 Å². The van der Waals surface area contributed by atoms with Crippen LogP contribution in [-0.2, 0) is 17.9 Å². The number of hydrogen-bond donors (Lipinski definition) is 2. The minimum absolute atomic E-state index is 0.163. The average Bonchev–Trinajstić information content (AvgIpc) is 3.14. The number of piperazine rings is 1. The number of halogens is 3. The summed E-state index contributed by atoms with van der Waals surface area (Å²) in [6, 6.07) is 9.34. The highest BCUT2D eigenvalue weighted by Gasteiger charge is 2.38. The van der Waals surface area contributed by atoms with Gasteiger partial charge in [0.25, 0.3) is 0 Å². The number of benzene rings is 1. The Morgan fingerprint density at radius 1 is 1.17 bits per heavy atom. The average molecular weight is 501 g/mol. The van der Waals surface area contributed by atoms with Crippen LogP contribution in [0.15, 0.2) is 35.4 Å². The van der Waals surface area contributed by atoms with Crippen molar-refractivity contribution in [2.24, 2.45) is 0 Å². The number of aliphatic carboxylic acids is 1. The second-order valence-electron chi connectivity index (χ2n) is 7.60. The van der Waals surface area contributed by atoms with Crippen molar-refractivity contribution in [3.8, 4) is 17.9 Å². The van der Waals surface area contributed by atoms with Crippen LogP contribution in [-0.4, -0.2) is 62.5 Å². The maximum Gasteiger partial charge on any atom is 0.490 e. The fourth-order valence-corrected chi connectivity index (χ4v) is 3.55. The molecule has 10 nitrogen and oxygen atoms in total. The Morgan fingerprint density at radius 3 is 2.36 bits per heavy atom. The summed E-state index contributed by atoms with van der Waals surface area (Å²) in [5.74, 6) is 3.87. The highest BCUT2D eigenvalue weighted by atomic mass is 19.4. The number of nitrogens with zero attached hydrogens (tertiary/aromatic N) is 6. The number of carboxylic acid groups (broad SMARTS) is 1. The molecule has 1 aromatic carbocycles. The highest BCUT2D eigenvalue weighted by molar-refractivity contribution is 5.84. The van der Waals surface area contributed by atoms with Crippen LogP contribution in [0.1, 0.15) is 18.1 Å². The van der Waals surface area contributed by atoms with Gasteiger partial charge in [0.1, 0.15) is 11.8 Å². The number of hydrogen-bond acceptors (Lipinski definition) is 7. The molecule has 3 aromatic rings. The zero-order chi connectivity index (χ0) is 26.3. The van der Waals surface area contributed by atoms with Gasteiger partial charge in [-0.15, -0.1) is 5.92 Å². The number of aromatic nitrogens is 4. The van der Waals surface area contributed by atoms with Crippen LogP contribution in [0.5, 0.6) is 0 Å². The summed E-state index contributed by atoms with van der Waals surface area (Å²) < 4.78 is 35.0. The van der Waals surface area contributed by atoms with Crippen molar-refractivity contribution in [1.29, 1.82) is 5.26 Å². The molecule has 3 heterocycles. The number of imidazole rings is 1. The van der Waals surface area contributed by atoms with Crippen LogP contribution in [0.25, 0.3) is 11.2 Å². The van der Waals surface area contributed by atoms with Gasteiger partial charge >= 0.3 is 17.8 Å². The number of nitriles is 1. The summed E-state index contributed by atoms with van der Waals surface area (Å²) in [5.41, 5.74) is 2.67. The third kappa shape index (κ3) is 6.00. The first-order valence-electron chi connectivity index (χ1n) is 10.8. The number of fused-ring (bicyclic) bond motifs is 1. The third-order valence-corrected chi connectivity index (χ3v) is 5.27. The first-order valence-corrected chi connectivity index (χ1v) is 10.8. The molecule has 36 heavy (non-hydrogen) atoms. The van der Waals surface area contributed by atoms with Crippen molar-refractivity contribution < 1.29 is 23.1 Å². The van der Waals surface area contributed by atoms with Crippen LogP contribution in [0.2, 0.25) is 0 Å². The van der Waals surface area contributed by atoms with Crippen LogP contribution in [0, 0.1) is 23.2 Å². The second-order valence-corrected chi connectivity index (χ2v) is 7.60. The Balaban J connectivity index is 0.000000454. The molecular formula is C23H22F3N7O3. The van der Waals surface area contributed by atoms with Gasteiger partial charge in [-0.3, -0.25) is 9.13 Å². The number of nitrogens with one attached hydrogen (secondary N) is 1. The van der Waals surface area contributed by atoms with Crippen molar-refractivity contribution in [2.45, 2.75) is 26.2 Å². The fourth-order valence-electron chi connectivity index (χ4n) is 3.55. The molecule has 4 rings (SSSR count). The van der Waals surface area contributed by atoms with Gasteiger partial charge < -0.3 is 15.3 Å². The third-order valence-electron chi connectivity index (χ3n) is 5.27. The lowest BCUT2D eigenvalue weighted by Gasteiger charge is -2.28. The van der Waals surface area contributed by atoms with Crippen LogP contribution in [0.3, 0.4) is 0 Å². The largest absolute Gasteiger partial charge is 0.490 e. The lowest BCUT2D eigenvalue weighted by molar-refractivity contribution is -0.192. The van der Waals surface area contributed by atoms with Crippen molar-refractivity contribution >= 4 is 23.0 Å². The highest BCUT2D eigenvalue weighted by Crippen LogP contribution is 2.23. The summed E-state index contributed by atoms with van der Waals surface area (Å²) in [5, 5.41) is 19.5. The van der Waals surface area contributed by atoms with E-state index in [2.05, 4.69) is 38.1 Å². The van der Waals surface area contributed by atoms with E-state index in [-0.39, 0.29) is 5.69 Å². The van der Waals surface area contributed by atoms with Crippen molar-refractivity contribution in [3.63, 3.8) is 0 Å². The van der Waals surface area contributed by atoms with Gasteiger partial charge in [0.2, 0.25) is 0 Å². The zero-order valence-corrected chi connectivity index (χ0v) is 19.2. The normalized spacial score (nSPS) is 13.2. The van der Waals surface area contributed by atoms with Gasteiger partial charge in [-0.25, -0.2) is 19.6 Å². The first kappa shape index (κ1) is 26.2. The molecule has 0 spiro atoms. The predicted octanol–water partition coefficient (Wildman–Crippen LogP) is 1.58. The Bertz CT molecular complexity index is 1390. The van der Waals surface area contributed by atoms with E-state index in [1.807, 2.05) is 12.1 Å². The molecule has 1 fully saturated rings. The molecule has 1 aliphatic rings. The Kier molecular flexibility index (Phi) is 8.30. The lowest BCUT2D eigenvalue weighted by Crippen LogP contribution is -2.44. The molecule has 0 bridgehead atoms. The lowest BCUT2D eigenvalue weighted by atomic mass is 10.1. The number of rotatable bonds is 4. The summed E-state index contributed by atoms with van der Waals surface area (Å²) in [7, 11) is 0. The zero-order valence-electron chi connectivity index (χ0n) is 19.2. The minimum Gasteiger partial charge on any atom is -0.475 e. The molecule has 0 unspecified atom stereocenters. The van der Waals surface area contributed by atoms with Gasteiger partial charge in [-0.05, 0) is 24.6 Å². The SMILES string of the molecule is CC#CCn1c(=O)n(Cc2ccc(C#N)cc2)c2ncnc(N3CCNCC3)c21.O=C(O)C(F)(F)F. The molecule has 2 N–H and O–H groups in total. The number of carbonyl (C=O) groups is 1. The monoisotopic (exact) mass is 501 g/mol. The quantitative estimate of drug-likeness (QED) is 0.516. The molecule has 1 saturated heterocycles. The molecule has 0 saturated carbocycles. The number of carboxylic acids is 1. The van der Waals surface area contributed by atoms with Crippen LogP contribution < -0.4 is 15.9 Å². The first-order chi connectivity index (χ1) is 17.2. The van der Waals surface area contributed by atoms with Gasteiger partial charge in [0.15, 0.2) is 11.5 Å². The molecule has 0 aliphatic carbocycles. The summed E-state index contributed by atoms with van der Waals surface area (Å²) >= 11 is 0. The van der Waals surface area contributed by atoms with E-state index in [0.717, 1.165) is 43.1 Å².